The van der Waals surface area contributed by atoms with E-state index in [4.69, 9.17) is 5.73 Å². The Morgan fingerprint density at radius 1 is 1.24 bits per heavy atom. The summed E-state index contributed by atoms with van der Waals surface area (Å²) in [5.41, 5.74) is 0.171. The summed E-state index contributed by atoms with van der Waals surface area (Å²) in [6.07, 6.45) is -0.0724. The molecule has 4 atom stereocenters. The maximum absolute atomic E-state index is 13.9. The van der Waals surface area contributed by atoms with Crippen LogP contribution in [0, 0.1) is 22.0 Å². The van der Waals surface area contributed by atoms with Gasteiger partial charge in [0.15, 0.2) is 11.4 Å². The first-order valence-corrected chi connectivity index (χ1v) is 11.9. The number of hydrogen-bond acceptors (Lipinski definition) is 11. The fourth-order valence-corrected chi connectivity index (χ4v) is 5.95. The first kappa shape index (κ1) is 27.1. The molecule has 1 saturated carbocycles. The van der Waals surface area contributed by atoms with Gasteiger partial charge in [-0.15, -0.1) is 0 Å². The zero-order valence-electron chi connectivity index (χ0n) is 21.5. The Morgan fingerprint density at radius 2 is 1.84 bits per heavy atom. The molecule has 0 aromatic heterocycles. The van der Waals surface area contributed by atoms with Crippen LogP contribution in [0.3, 0.4) is 0 Å². The Hall–Kier alpha value is -3.97. The van der Waals surface area contributed by atoms with Crippen molar-refractivity contribution in [1.82, 2.24) is 4.90 Å². The highest BCUT2D eigenvalue weighted by Crippen LogP contribution is 2.54. The minimum Gasteiger partial charge on any atom is -0.508 e. The monoisotopic (exact) mass is 530 g/mol. The maximum Gasteiger partial charge on any atom is 0.313 e. The number of rotatable bonds is 4. The third kappa shape index (κ3) is 3.72. The van der Waals surface area contributed by atoms with Gasteiger partial charge in [0, 0.05) is 28.8 Å². The van der Waals surface area contributed by atoms with E-state index in [-0.39, 0.29) is 29.7 Å². The highest BCUT2D eigenvalue weighted by atomic mass is 16.6. The molecule has 13 heteroatoms. The lowest BCUT2D eigenvalue weighted by molar-refractivity contribution is -0.385. The summed E-state index contributed by atoms with van der Waals surface area (Å²) in [5.74, 6) is -8.23. The number of benzene rings is 1. The van der Waals surface area contributed by atoms with Gasteiger partial charge >= 0.3 is 5.69 Å². The minimum atomic E-state index is -2.78. The first-order valence-electron chi connectivity index (χ1n) is 11.9. The zero-order chi connectivity index (χ0) is 28.6. The number of phenolic OH excluding ortho intramolecular Hbond substituents is 1. The summed E-state index contributed by atoms with van der Waals surface area (Å²) in [6.45, 7) is 5.44. The molecule has 204 valence electrons. The molecule has 0 spiro atoms. The molecule has 2 unspecified atom stereocenters. The predicted octanol–water partition coefficient (Wildman–Crippen LogP) is 1.08. The molecule has 0 radical (unpaired) electrons. The minimum absolute atomic E-state index is 0.0124. The van der Waals surface area contributed by atoms with Crippen molar-refractivity contribution in [1.29, 1.82) is 0 Å². The van der Waals surface area contributed by atoms with E-state index in [1.54, 1.807) is 0 Å². The molecule has 1 aromatic carbocycles. The zero-order valence-corrected chi connectivity index (χ0v) is 21.5. The number of fused-ring (bicyclic) bond motifs is 3. The van der Waals surface area contributed by atoms with E-state index >= 15 is 0 Å². The molecular weight excluding hydrogens is 500 g/mol. The number of carbonyl (C=O) groups excluding carboxylic acids is 3. The number of nitrogens with one attached hydrogen (secondary N) is 1. The number of nitro benzene ring substituents is 1. The number of ketones is 2. The second-order valence-electron chi connectivity index (χ2n) is 11.2. The van der Waals surface area contributed by atoms with E-state index in [9.17, 15) is 44.9 Å². The largest absolute Gasteiger partial charge is 0.508 e. The summed E-state index contributed by atoms with van der Waals surface area (Å²) >= 11 is 0. The number of amides is 1. The summed E-state index contributed by atoms with van der Waals surface area (Å²) in [5, 5.41) is 59.4. The number of nitro groups is 1. The van der Waals surface area contributed by atoms with E-state index in [1.165, 1.54) is 19.0 Å². The number of primary amides is 1. The Bertz CT molecular complexity index is 1370. The average Bonchev–Trinajstić information content (AvgIpc) is 2.76. The molecule has 1 aromatic rings. The van der Waals surface area contributed by atoms with Crippen LogP contribution in [0.4, 0.5) is 11.4 Å². The molecule has 7 N–H and O–H groups in total. The van der Waals surface area contributed by atoms with Gasteiger partial charge in [0.2, 0.25) is 11.5 Å². The van der Waals surface area contributed by atoms with Crippen LogP contribution in [0.2, 0.25) is 0 Å². The van der Waals surface area contributed by atoms with E-state index in [0.717, 1.165) is 6.07 Å². The fraction of sp³-hybridized carbons (Fsp3) is 0.480. The number of nitrogens with zero attached hydrogens (tertiary/aromatic N) is 2. The van der Waals surface area contributed by atoms with E-state index in [0.29, 0.717) is 5.56 Å². The van der Waals surface area contributed by atoms with Gasteiger partial charge in [0.1, 0.15) is 17.1 Å². The summed E-state index contributed by atoms with van der Waals surface area (Å²) < 4.78 is 0. The van der Waals surface area contributed by atoms with Crippen molar-refractivity contribution in [3.8, 4) is 5.75 Å². The van der Waals surface area contributed by atoms with Gasteiger partial charge in [-0.3, -0.25) is 29.4 Å². The molecule has 3 aliphatic carbocycles. The number of hydrogen-bond donors (Lipinski definition) is 6. The SMILES string of the molecule is CN(C)[C@@H]1C(=O)C(C(N)=O)=C(O)[C@@]2(O)C(=O)C3=C(O)c4c(O)c([N+](=O)[O-])cc(NC(C)(C)C)c4CC3CC12. The predicted molar refractivity (Wildman–Crippen MR) is 134 cm³/mol. The van der Waals surface area contributed by atoms with Crippen LogP contribution in [0.5, 0.6) is 5.75 Å². The molecule has 0 saturated heterocycles. The molecule has 0 aliphatic heterocycles. The Kier molecular flexibility index (Phi) is 6.08. The lowest BCUT2D eigenvalue weighted by Gasteiger charge is -2.50. The topological polar surface area (TPSA) is 217 Å². The number of nitrogens with two attached hydrogens (primary N) is 1. The summed E-state index contributed by atoms with van der Waals surface area (Å²) in [7, 11) is 3.02. The van der Waals surface area contributed by atoms with Gasteiger partial charge < -0.3 is 31.5 Å². The van der Waals surface area contributed by atoms with Crippen molar-refractivity contribution >= 4 is 34.6 Å². The average molecular weight is 531 g/mol. The van der Waals surface area contributed by atoms with Crippen LogP contribution in [0.1, 0.15) is 38.3 Å². The van der Waals surface area contributed by atoms with Crippen LogP contribution in [-0.2, 0) is 20.8 Å². The number of aliphatic hydroxyl groups excluding tert-OH is 2. The summed E-state index contributed by atoms with van der Waals surface area (Å²) in [4.78, 5) is 51.3. The van der Waals surface area contributed by atoms with Crippen molar-refractivity contribution in [3.05, 3.63) is 44.2 Å². The van der Waals surface area contributed by atoms with Crippen LogP contribution in [0.15, 0.2) is 23.0 Å². The number of likely N-dealkylation sites (N-methyl/N-ethyl adjacent to an activating group) is 1. The number of aliphatic hydroxyl groups is 3. The molecule has 0 heterocycles. The van der Waals surface area contributed by atoms with E-state index in [1.807, 2.05) is 20.8 Å². The Labute approximate surface area is 217 Å². The molecule has 3 aliphatic rings. The lowest BCUT2D eigenvalue weighted by atomic mass is 9.57. The van der Waals surface area contributed by atoms with Crippen molar-refractivity contribution in [2.24, 2.45) is 17.6 Å². The maximum atomic E-state index is 13.9. The van der Waals surface area contributed by atoms with Gasteiger partial charge in [0.25, 0.3) is 5.91 Å². The van der Waals surface area contributed by atoms with Gasteiger partial charge in [-0.25, -0.2) is 0 Å². The van der Waals surface area contributed by atoms with Crippen LogP contribution in [0.25, 0.3) is 5.76 Å². The molecule has 0 bridgehead atoms. The summed E-state index contributed by atoms with van der Waals surface area (Å²) in [6, 6.07) is -0.0519. The second-order valence-corrected chi connectivity index (χ2v) is 11.2. The molecule has 13 nitrogen and oxygen atoms in total. The van der Waals surface area contributed by atoms with Gasteiger partial charge in [-0.1, -0.05) is 0 Å². The number of anilines is 1. The standard InChI is InChI=1S/C25H30N4O9/c1-24(2,3)27-12-8-13(29(37)38)18(30)15-10(12)6-9-7-11-17(28(4)5)20(32)16(23(26)35)22(34)25(11,36)21(33)14(9)19(15)31/h8-9,11,17,27,30-31,34,36H,6-7H2,1-5H3,(H2,26,35)/t9?,11?,17-,25-/m0/s1. The highest BCUT2D eigenvalue weighted by molar-refractivity contribution is 6.24. The van der Waals surface area contributed by atoms with Gasteiger partial charge in [-0.05, 0) is 59.2 Å². The smallest absolute Gasteiger partial charge is 0.313 e. The quantitative estimate of drug-likeness (QED) is 0.140. The molecule has 4 rings (SSSR count). The fourth-order valence-electron chi connectivity index (χ4n) is 5.95. The van der Waals surface area contributed by atoms with Crippen molar-refractivity contribution in [2.45, 2.75) is 50.8 Å². The van der Waals surface area contributed by atoms with E-state index < -0.39 is 79.9 Å². The van der Waals surface area contributed by atoms with Crippen molar-refractivity contribution in [3.63, 3.8) is 0 Å². The molecule has 1 fully saturated rings. The highest BCUT2D eigenvalue weighted by Gasteiger charge is 2.64. The Balaban J connectivity index is 2.02. The van der Waals surface area contributed by atoms with E-state index in [2.05, 4.69) is 5.32 Å². The van der Waals surface area contributed by atoms with Gasteiger partial charge in [-0.2, -0.15) is 0 Å². The number of phenols is 1. The lowest BCUT2D eigenvalue weighted by Crippen LogP contribution is -2.65. The third-order valence-corrected chi connectivity index (χ3v) is 7.41. The van der Waals surface area contributed by atoms with Crippen molar-refractivity contribution in [2.75, 3.05) is 19.4 Å². The number of carbonyl (C=O) groups is 3. The Morgan fingerprint density at radius 3 is 2.34 bits per heavy atom. The van der Waals surface area contributed by atoms with Gasteiger partial charge in [0.05, 0.1) is 16.5 Å². The number of aromatic hydroxyl groups is 1. The third-order valence-electron chi connectivity index (χ3n) is 7.41. The second kappa shape index (κ2) is 8.53. The normalized spacial score (nSPS) is 27.2. The van der Waals surface area contributed by atoms with Crippen LogP contribution < -0.4 is 11.1 Å². The molecular formula is C25H30N4O9. The molecule has 1 amide bonds. The number of Topliss-reactive ketones (excluding diaryl/α,β-unsaturated/α-hetero) is 2. The molecule has 38 heavy (non-hydrogen) atoms. The van der Waals surface area contributed by atoms with Crippen molar-refractivity contribution < 1.29 is 39.7 Å². The first-order chi connectivity index (χ1) is 17.4. The van der Waals surface area contributed by atoms with Crippen LogP contribution >= 0.6 is 0 Å². The van der Waals surface area contributed by atoms with Crippen LogP contribution in [-0.4, -0.2) is 79.0 Å².